The number of allylic oxidation sites excluding steroid dienone is 3. The first kappa shape index (κ1) is 16.7. The minimum absolute atomic E-state index is 0.100. The van der Waals surface area contributed by atoms with Gasteiger partial charge < -0.3 is 14.2 Å². The van der Waals surface area contributed by atoms with Crippen molar-refractivity contribution < 1.29 is 23.8 Å². The largest absolute Gasteiger partial charge is 0.466 e. The van der Waals surface area contributed by atoms with E-state index in [1.807, 2.05) is 12.2 Å². The fourth-order valence-electron chi connectivity index (χ4n) is 6.35. The number of methoxy groups -OCH3 is 2. The summed E-state index contributed by atoms with van der Waals surface area (Å²) in [5, 5.41) is 0. The zero-order chi connectivity index (χ0) is 18.0. The van der Waals surface area contributed by atoms with E-state index in [1.54, 1.807) is 6.08 Å². The second-order valence-corrected chi connectivity index (χ2v) is 7.54. The van der Waals surface area contributed by atoms with Crippen LogP contribution in [-0.2, 0) is 23.8 Å². The van der Waals surface area contributed by atoms with Crippen LogP contribution in [0.4, 0.5) is 0 Å². The van der Waals surface area contributed by atoms with Crippen LogP contribution in [0.25, 0.3) is 0 Å². The molecule has 0 radical (unpaired) electrons. The Morgan fingerprint density at radius 3 is 2.80 bits per heavy atom. The van der Waals surface area contributed by atoms with Crippen molar-refractivity contribution in [1.29, 1.82) is 0 Å². The van der Waals surface area contributed by atoms with Crippen molar-refractivity contribution in [1.82, 2.24) is 0 Å². The number of ketones is 1. The number of ether oxygens (including phenoxy) is 3. The summed E-state index contributed by atoms with van der Waals surface area (Å²) >= 11 is 0. The van der Waals surface area contributed by atoms with Crippen LogP contribution < -0.4 is 0 Å². The highest BCUT2D eigenvalue weighted by molar-refractivity contribution is 6.01. The van der Waals surface area contributed by atoms with Gasteiger partial charge in [-0.25, -0.2) is 4.79 Å². The van der Waals surface area contributed by atoms with Crippen LogP contribution in [0.2, 0.25) is 0 Å². The zero-order valence-electron chi connectivity index (χ0n) is 14.7. The van der Waals surface area contributed by atoms with Gasteiger partial charge in [-0.3, -0.25) is 4.79 Å². The summed E-state index contributed by atoms with van der Waals surface area (Å²) in [6.07, 6.45) is 8.68. The summed E-state index contributed by atoms with van der Waals surface area (Å²) in [5.41, 5.74) is -0.401. The van der Waals surface area contributed by atoms with Crippen molar-refractivity contribution in [3.8, 4) is 0 Å². The lowest BCUT2D eigenvalue weighted by Crippen LogP contribution is -2.69. The van der Waals surface area contributed by atoms with E-state index in [4.69, 9.17) is 14.2 Å². The molecule has 2 saturated carbocycles. The number of hydrogen-bond acceptors (Lipinski definition) is 5. The minimum Gasteiger partial charge on any atom is -0.466 e. The number of esters is 1. The number of carbonyl (C=O) groups excluding carboxylic acids is 2. The average molecular weight is 344 g/mol. The molecular formula is C20H24O5. The first-order valence-corrected chi connectivity index (χ1v) is 8.81. The van der Waals surface area contributed by atoms with Crippen LogP contribution in [0.5, 0.6) is 0 Å². The molecule has 3 fully saturated rings. The Morgan fingerprint density at radius 2 is 2.20 bits per heavy atom. The number of hydrogen-bond donors (Lipinski definition) is 0. The van der Waals surface area contributed by atoms with Gasteiger partial charge in [-0.05, 0) is 25.7 Å². The predicted octanol–water partition coefficient (Wildman–Crippen LogP) is 2.57. The molecule has 0 aromatic rings. The predicted molar refractivity (Wildman–Crippen MR) is 90.4 cm³/mol. The Morgan fingerprint density at radius 1 is 1.44 bits per heavy atom. The molecule has 0 spiro atoms. The smallest absolute Gasteiger partial charge is 0.333 e. The molecule has 5 aliphatic rings. The molecule has 0 aromatic heterocycles. The van der Waals surface area contributed by atoms with Crippen LogP contribution in [-0.4, -0.2) is 37.9 Å². The first-order valence-electron chi connectivity index (χ1n) is 8.81. The van der Waals surface area contributed by atoms with Crippen LogP contribution in [0, 0.1) is 22.7 Å². The lowest BCUT2D eigenvalue weighted by Gasteiger charge is -2.63. The monoisotopic (exact) mass is 344 g/mol. The standard InChI is InChI=1S/C20H24O5/c1-5-9-19-14-8-7-10-18(19,6-2)13-11-12(17(22)23-3)15(19)20(24-4,25-14)16(13)21/h5-6,11,13-15H,1-2,7-10H2,3-4H3/t13-,14+,15-,18+,19-,20+/m1/s1. The summed E-state index contributed by atoms with van der Waals surface area (Å²) in [6, 6.07) is 0. The summed E-state index contributed by atoms with van der Waals surface area (Å²) < 4.78 is 17.1. The molecule has 5 rings (SSSR count). The molecule has 0 amide bonds. The van der Waals surface area contributed by atoms with Gasteiger partial charge in [0.2, 0.25) is 5.79 Å². The van der Waals surface area contributed by atoms with Gasteiger partial charge >= 0.3 is 5.97 Å². The van der Waals surface area contributed by atoms with Gasteiger partial charge in [-0.15, -0.1) is 13.2 Å². The molecule has 0 N–H and O–H groups in total. The Bertz CT molecular complexity index is 709. The second kappa shape index (κ2) is 5.15. The topological polar surface area (TPSA) is 61.8 Å². The number of carbonyl (C=O) groups is 2. The summed E-state index contributed by atoms with van der Waals surface area (Å²) in [6.45, 7) is 8.05. The van der Waals surface area contributed by atoms with E-state index in [2.05, 4.69) is 13.2 Å². The lowest BCUT2D eigenvalue weighted by molar-refractivity contribution is -0.229. The van der Waals surface area contributed by atoms with Crippen molar-refractivity contribution >= 4 is 11.8 Å². The SMILES string of the molecule is C=CC[C@]12[C@@H]3CCC[C@@]1(C=C)[C@@H]1C=C(C(=O)OC)[C@H]2[C@](OC)(O3)C1=O. The maximum atomic E-state index is 13.4. The Hall–Kier alpha value is -1.72. The van der Waals surface area contributed by atoms with Gasteiger partial charge in [0.25, 0.3) is 0 Å². The molecule has 0 aromatic carbocycles. The zero-order valence-corrected chi connectivity index (χ0v) is 14.7. The molecule has 4 aliphatic carbocycles. The summed E-state index contributed by atoms with van der Waals surface area (Å²) in [4.78, 5) is 25.9. The lowest BCUT2D eigenvalue weighted by atomic mass is 9.37. The average Bonchev–Trinajstić information content (AvgIpc) is 2.93. The van der Waals surface area contributed by atoms with Crippen molar-refractivity contribution in [2.45, 2.75) is 37.6 Å². The molecule has 0 unspecified atom stereocenters. The van der Waals surface area contributed by atoms with E-state index in [0.717, 1.165) is 19.3 Å². The Balaban J connectivity index is 2.07. The quantitative estimate of drug-likeness (QED) is 0.567. The van der Waals surface area contributed by atoms with E-state index < -0.39 is 34.4 Å². The van der Waals surface area contributed by atoms with E-state index in [0.29, 0.717) is 12.0 Å². The fourth-order valence-corrected chi connectivity index (χ4v) is 6.35. The van der Waals surface area contributed by atoms with Gasteiger partial charge in [0, 0.05) is 23.5 Å². The van der Waals surface area contributed by atoms with Crippen LogP contribution in [0.3, 0.4) is 0 Å². The molecule has 6 atom stereocenters. The van der Waals surface area contributed by atoms with Gasteiger partial charge in [0.15, 0.2) is 5.78 Å². The Labute approximate surface area is 147 Å². The molecule has 1 saturated heterocycles. The second-order valence-electron chi connectivity index (χ2n) is 7.54. The molecule has 5 nitrogen and oxygen atoms in total. The highest BCUT2D eigenvalue weighted by atomic mass is 16.7. The third-order valence-electron chi connectivity index (χ3n) is 7.12. The normalized spacial score (nSPS) is 46.6. The van der Waals surface area contributed by atoms with E-state index in [1.165, 1.54) is 14.2 Å². The van der Waals surface area contributed by atoms with Gasteiger partial charge in [-0.2, -0.15) is 0 Å². The molecule has 134 valence electrons. The van der Waals surface area contributed by atoms with Crippen LogP contribution in [0.1, 0.15) is 25.7 Å². The molecule has 1 heterocycles. The molecular weight excluding hydrogens is 320 g/mol. The molecule has 1 aliphatic heterocycles. The third kappa shape index (κ3) is 1.53. The van der Waals surface area contributed by atoms with E-state index in [-0.39, 0.29) is 11.9 Å². The first-order chi connectivity index (χ1) is 12.0. The molecule has 4 bridgehead atoms. The maximum Gasteiger partial charge on any atom is 0.333 e. The van der Waals surface area contributed by atoms with Crippen molar-refractivity contribution in [3.63, 3.8) is 0 Å². The van der Waals surface area contributed by atoms with Crippen molar-refractivity contribution in [3.05, 3.63) is 37.0 Å². The van der Waals surface area contributed by atoms with Gasteiger partial charge in [0.1, 0.15) is 0 Å². The Kier molecular flexibility index (Phi) is 3.44. The summed E-state index contributed by atoms with van der Waals surface area (Å²) in [5.74, 6) is -2.92. The number of rotatable bonds is 5. The van der Waals surface area contributed by atoms with Crippen LogP contribution >= 0.6 is 0 Å². The fraction of sp³-hybridized carbons (Fsp3) is 0.600. The molecule has 5 heteroatoms. The van der Waals surface area contributed by atoms with Gasteiger partial charge in [0.05, 0.1) is 25.0 Å². The number of Topliss-reactive ketones (excluding diaryl/α,β-unsaturated/α-hetero) is 1. The van der Waals surface area contributed by atoms with Crippen molar-refractivity contribution in [2.75, 3.05) is 14.2 Å². The highest BCUT2D eigenvalue weighted by Gasteiger charge is 2.82. The van der Waals surface area contributed by atoms with E-state index >= 15 is 0 Å². The summed E-state index contributed by atoms with van der Waals surface area (Å²) in [7, 11) is 2.85. The third-order valence-corrected chi connectivity index (χ3v) is 7.12. The maximum absolute atomic E-state index is 13.4. The highest BCUT2D eigenvalue weighted by Crippen LogP contribution is 2.76. The van der Waals surface area contributed by atoms with Crippen LogP contribution in [0.15, 0.2) is 37.0 Å². The molecule has 25 heavy (non-hydrogen) atoms. The minimum atomic E-state index is -1.41. The van der Waals surface area contributed by atoms with Gasteiger partial charge in [-0.1, -0.05) is 18.2 Å². The van der Waals surface area contributed by atoms with Crippen molar-refractivity contribution in [2.24, 2.45) is 22.7 Å². The van der Waals surface area contributed by atoms with E-state index in [9.17, 15) is 9.59 Å².